The molecule has 0 aliphatic carbocycles. The van der Waals surface area contributed by atoms with Crippen LogP contribution in [0.5, 0.6) is 0 Å². The maximum Gasteiger partial charge on any atom is 0.121 e. The molecule has 7 aromatic carbocycles. The summed E-state index contributed by atoms with van der Waals surface area (Å²) in [6, 6.07) is 64.1. The molecule has 0 aliphatic rings. The van der Waals surface area contributed by atoms with Crippen LogP contribution >= 0.6 is 0 Å². The minimum absolute atomic E-state index is 0. The number of benzene rings is 7. The summed E-state index contributed by atoms with van der Waals surface area (Å²) in [4.78, 5) is 14.1. The first-order valence-corrected chi connectivity index (χ1v) is 16.5. The molecule has 5 nitrogen and oxygen atoms in total. The zero-order valence-electron chi connectivity index (χ0n) is 27.3. The Labute approximate surface area is 309 Å². The van der Waals surface area contributed by atoms with Crippen LogP contribution in [0.15, 0.2) is 170 Å². The van der Waals surface area contributed by atoms with Gasteiger partial charge >= 0.3 is 0 Å². The van der Waals surface area contributed by atoms with Crippen molar-refractivity contribution in [2.24, 2.45) is 0 Å². The number of hydrogen-bond donors (Lipinski definition) is 0. The summed E-state index contributed by atoms with van der Waals surface area (Å²) in [5, 5.41) is 4.75. The van der Waals surface area contributed by atoms with Gasteiger partial charge in [0.15, 0.2) is 0 Å². The molecule has 0 bridgehead atoms. The Morgan fingerprint density at radius 3 is 1.33 bits per heavy atom. The zero-order chi connectivity index (χ0) is 33.3. The predicted molar refractivity (Wildman–Crippen MR) is 202 cm³/mol. The normalized spacial score (nSPS) is 11.0. The third-order valence-electron chi connectivity index (χ3n) is 8.97. The largest absolute Gasteiger partial charge is 0.348 e. The van der Waals surface area contributed by atoms with E-state index in [1.807, 2.05) is 66.7 Å². The number of aromatic nitrogens is 5. The number of rotatable bonds is 4. The van der Waals surface area contributed by atoms with Gasteiger partial charge in [-0.15, -0.1) is 12.1 Å². The Bertz CT molecular complexity index is 2630. The summed E-state index contributed by atoms with van der Waals surface area (Å²) in [5.41, 5.74) is 8.50. The Hall–Kier alpha value is -6.16. The van der Waals surface area contributed by atoms with E-state index in [1.54, 1.807) is 0 Å². The Morgan fingerprint density at radius 2 is 0.843 bits per heavy atom. The van der Waals surface area contributed by atoms with Gasteiger partial charge in [-0.25, -0.2) is 11.1 Å². The first kappa shape index (κ1) is 32.1. The minimum atomic E-state index is 0. The van der Waals surface area contributed by atoms with Gasteiger partial charge in [0.25, 0.3) is 0 Å². The van der Waals surface area contributed by atoms with Crippen LogP contribution in [-0.4, -0.2) is 24.1 Å². The molecule has 3 aromatic heterocycles. The molecule has 0 aliphatic heterocycles. The minimum Gasteiger partial charge on any atom is -0.348 e. The summed E-state index contributed by atoms with van der Waals surface area (Å²) in [6.07, 6.45) is 2.90. The number of hydrogen-bond acceptors (Lipinski definition) is 3. The van der Waals surface area contributed by atoms with E-state index in [9.17, 15) is 0 Å². The van der Waals surface area contributed by atoms with Crippen molar-refractivity contribution < 1.29 is 21.1 Å². The molecule has 10 aromatic rings. The van der Waals surface area contributed by atoms with E-state index in [-0.39, 0.29) is 21.1 Å². The second kappa shape index (κ2) is 14.0. The van der Waals surface area contributed by atoms with Crippen molar-refractivity contribution in [2.75, 3.05) is 0 Å². The topological polar surface area (TPSA) is 48.5 Å². The Balaban J connectivity index is 0.000000245. The van der Waals surface area contributed by atoms with E-state index >= 15 is 0 Å². The average Bonchev–Trinajstić information content (AvgIpc) is 3.72. The molecule has 0 unspecified atom stereocenters. The summed E-state index contributed by atoms with van der Waals surface area (Å²) in [7, 11) is 0. The fourth-order valence-electron chi connectivity index (χ4n) is 6.78. The van der Waals surface area contributed by atoms with Gasteiger partial charge in [-0.05, 0) is 35.9 Å². The standard InChI is InChI=1S/C33H20N5.C12H8.W/c1-6-16-27-22(11-1)23-12-2-7-17-28(23)37(27)31-20-10-5-15-26(31)32-34-21-35-33(36-32)38-29-18-8-3-13-24(29)25-14-4-9-19-30(25)38;1-3-7-11(8-4-1)12-9-5-2-6-10-12;/h1-20H;1-7,9H;/q-1;-2;. The molecule has 0 N–H and O–H groups in total. The van der Waals surface area contributed by atoms with Crippen LogP contribution in [0.4, 0.5) is 0 Å². The molecule has 0 atom stereocenters. The first-order chi connectivity index (χ1) is 24.8. The molecule has 51 heavy (non-hydrogen) atoms. The van der Waals surface area contributed by atoms with Crippen molar-refractivity contribution >= 4 is 43.6 Å². The quantitative estimate of drug-likeness (QED) is 0.166. The van der Waals surface area contributed by atoms with Crippen LogP contribution in [0.25, 0.3) is 77.8 Å². The monoisotopic (exact) mass is 822 g/mol. The predicted octanol–water partition coefficient (Wildman–Crippen LogP) is 10.5. The van der Waals surface area contributed by atoms with Crippen molar-refractivity contribution in [1.29, 1.82) is 0 Å². The Kier molecular flexibility index (Phi) is 8.79. The van der Waals surface area contributed by atoms with E-state index in [4.69, 9.17) is 4.98 Å². The van der Waals surface area contributed by atoms with Gasteiger partial charge in [-0.3, -0.25) is 0 Å². The molecule has 242 valence electrons. The van der Waals surface area contributed by atoms with Crippen molar-refractivity contribution in [3.8, 4) is 34.2 Å². The van der Waals surface area contributed by atoms with Gasteiger partial charge in [-0.1, -0.05) is 91.0 Å². The number of nitrogens with zero attached hydrogens (tertiary/aromatic N) is 5. The average molecular weight is 823 g/mol. The smallest absolute Gasteiger partial charge is 0.121 e. The molecule has 0 radical (unpaired) electrons. The van der Waals surface area contributed by atoms with Gasteiger partial charge in [0.1, 0.15) is 5.95 Å². The maximum atomic E-state index is 5.01. The van der Waals surface area contributed by atoms with E-state index in [0.29, 0.717) is 11.8 Å². The van der Waals surface area contributed by atoms with Crippen molar-refractivity contribution in [3.05, 3.63) is 188 Å². The molecule has 0 amide bonds. The van der Waals surface area contributed by atoms with Gasteiger partial charge in [-0.2, -0.15) is 48.5 Å². The van der Waals surface area contributed by atoms with E-state index in [0.717, 1.165) is 55.2 Å². The maximum absolute atomic E-state index is 5.01. The van der Waals surface area contributed by atoms with E-state index in [2.05, 4.69) is 141 Å². The zero-order valence-corrected chi connectivity index (χ0v) is 30.2. The molecular weight excluding hydrogens is 794 g/mol. The summed E-state index contributed by atoms with van der Waals surface area (Å²) < 4.78 is 4.39. The van der Waals surface area contributed by atoms with Crippen LogP contribution < -0.4 is 0 Å². The van der Waals surface area contributed by atoms with Crippen LogP contribution in [0.2, 0.25) is 0 Å². The second-order valence-corrected chi connectivity index (χ2v) is 11.9. The molecule has 10 rings (SSSR count). The number of para-hydroxylation sites is 5. The first-order valence-electron chi connectivity index (χ1n) is 16.5. The summed E-state index contributed by atoms with van der Waals surface area (Å²) in [6.45, 7) is 0. The van der Waals surface area contributed by atoms with E-state index in [1.165, 1.54) is 10.8 Å². The third kappa shape index (κ3) is 5.82. The third-order valence-corrected chi connectivity index (χ3v) is 8.97. The molecule has 0 saturated carbocycles. The van der Waals surface area contributed by atoms with Crippen LogP contribution in [0, 0.1) is 18.5 Å². The van der Waals surface area contributed by atoms with Gasteiger partial charge in [0.05, 0.1) is 16.9 Å². The molecular formula is C45H28N5W-3. The molecule has 6 heteroatoms. The van der Waals surface area contributed by atoms with Crippen LogP contribution in [-0.2, 0) is 21.1 Å². The second-order valence-electron chi connectivity index (χ2n) is 11.9. The van der Waals surface area contributed by atoms with Crippen LogP contribution in [0.1, 0.15) is 0 Å². The fourth-order valence-corrected chi connectivity index (χ4v) is 6.78. The molecule has 3 heterocycles. The van der Waals surface area contributed by atoms with Gasteiger partial charge in [0, 0.05) is 65.7 Å². The van der Waals surface area contributed by atoms with E-state index < -0.39 is 0 Å². The van der Waals surface area contributed by atoms with Crippen molar-refractivity contribution in [3.63, 3.8) is 0 Å². The summed E-state index contributed by atoms with van der Waals surface area (Å²) in [5.74, 6) is 1.12. The molecule has 0 fully saturated rings. The SMILES string of the molecule is [W].[c-]1ccccc1-c1[c-]cccc1.[c-]1nc(-c2ccccc2-n2c3ccccc3c3ccccc32)nc(-n2c3ccccc3c3ccccc32)n1. The molecule has 0 saturated heterocycles. The van der Waals surface area contributed by atoms with Crippen molar-refractivity contribution in [1.82, 2.24) is 24.1 Å². The summed E-state index contributed by atoms with van der Waals surface area (Å²) >= 11 is 0. The van der Waals surface area contributed by atoms with Gasteiger partial charge < -0.3 is 24.1 Å². The molecule has 0 spiro atoms. The van der Waals surface area contributed by atoms with Crippen molar-refractivity contribution in [2.45, 2.75) is 0 Å². The van der Waals surface area contributed by atoms with Gasteiger partial charge in [0.2, 0.25) is 0 Å². The Morgan fingerprint density at radius 1 is 0.412 bits per heavy atom. The van der Waals surface area contributed by atoms with Crippen LogP contribution in [0.3, 0.4) is 0 Å². The fraction of sp³-hybridized carbons (Fsp3) is 0. The number of fused-ring (bicyclic) bond motifs is 6.